The van der Waals surface area contributed by atoms with Gasteiger partial charge < -0.3 is 15.0 Å². The summed E-state index contributed by atoms with van der Waals surface area (Å²) in [4.78, 5) is 5.07. The van der Waals surface area contributed by atoms with Gasteiger partial charge in [0, 0.05) is 51.0 Å². The van der Waals surface area contributed by atoms with Gasteiger partial charge in [0.15, 0.2) is 0 Å². The Morgan fingerprint density at radius 2 is 1.52 bits per heavy atom. The maximum Gasteiger partial charge on any atom is 0.119 e. The van der Waals surface area contributed by atoms with Crippen LogP contribution in [0, 0.1) is 0 Å². The van der Waals surface area contributed by atoms with E-state index < -0.39 is 0 Å². The molecule has 0 spiro atoms. The fourth-order valence-corrected chi connectivity index (χ4v) is 2.67. The smallest absolute Gasteiger partial charge is 0.119 e. The summed E-state index contributed by atoms with van der Waals surface area (Å²) < 4.78 is 5.19. The molecule has 21 heavy (non-hydrogen) atoms. The van der Waals surface area contributed by atoms with Gasteiger partial charge in [0.25, 0.3) is 0 Å². The lowest BCUT2D eigenvalue weighted by Gasteiger charge is -2.43. The molecule has 0 unspecified atom stereocenters. The largest absolute Gasteiger partial charge is 0.497 e. The van der Waals surface area contributed by atoms with Crippen molar-refractivity contribution in [2.24, 2.45) is 0 Å². The second kappa shape index (κ2) is 9.59. The highest BCUT2D eigenvalue weighted by Gasteiger charge is 2.27. The third-order valence-corrected chi connectivity index (χ3v) is 4.03. The van der Waals surface area contributed by atoms with E-state index in [2.05, 4.69) is 27.2 Å². The highest BCUT2D eigenvalue weighted by molar-refractivity contribution is 5.86. The summed E-state index contributed by atoms with van der Waals surface area (Å²) in [5, 5.41) is 3.34. The molecule has 7 heteroatoms. The summed E-state index contributed by atoms with van der Waals surface area (Å²) in [6.07, 6.45) is 0. The maximum atomic E-state index is 5.19. The number of hydrogen-bond donors (Lipinski definition) is 1. The third-order valence-electron chi connectivity index (χ3n) is 4.03. The van der Waals surface area contributed by atoms with Crippen molar-refractivity contribution in [3.8, 4) is 5.75 Å². The predicted molar refractivity (Wildman–Crippen MR) is 95.2 cm³/mol. The molecular formula is C14H24Cl3N3O. The normalized spacial score (nSPS) is 18.6. The molecule has 0 bridgehead atoms. The van der Waals surface area contributed by atoms with E-state index in [1.807, 2.05) is 12.1 Å². The van der Waals surface area contributed by atoms with Crippen molar-refractivity contribution < 1.29 is 4.74 Å². The number of anilines is 1. The van der Waals surface area contributed by atoms with Crippen LogP contribution in [0.2, 0.25) is 0 Å². The SMILES string of the molecule is COc1ccc(N2CCN(C3CNC3)CC2)cc1.Cl.Cl.Cl. The quantitative estimate of drug-likeness (QED) is 0.897. The Morgan fingerprint density at radius 1 is 0.952 bits per heavy atom. The molecule has 3 rings (SSSR count). The van der Waals surface area contributed by atoms with Crippen LogP contribution < -0.4 is 15.0 Å². The van der Waals surface area contributed by atoms with Gasteiger partial charge in [-0.15, -0.1) is 37.2 Å². The summed E-state index contributed by atoms with van der Waals surface area (Å²) in [6.45, 7) is 6.95. The minimum Gasteiger partial charge on any atom is -0.497 e. The van der Waals surface area contributed by atoms with Crippen molar-refractivity contribution in [1.82, 2.24) is 10.2 Å². The van der Waals surface area contributed by atoms with E-state index >= 15 is 0 Å². The molecule has 122 valence electrons. The van der Waals surface area contributed by atoms with E-state index in [0.717, 1.165) is 24.9 Å². The molecule has 0 radical (unpaired) electrons. The fourth-order valence-electron chi connectivity index (χ4n) is 2.67. The summed E-state index contributed by atoms with van der Waals surface area (Å²) >= 11 is 0. The van der Waals surface area contributed by atoms with Crippen LogP contribution in [-0.2, 0) is 0 Å². The van der Waals surface area contributed by atoms with Gasteiger partial charge in [-0.05, 0) is 24.3 Å². The Kier molecular flexibility index (Phi) is 9.41. The lowest BCUT2D eigenvalue weighted by atomic mass is 10.1. The van der Waals surface area contributed by atoms with E-state index in [-0.39, 0.29) is 37.2 Å². The van der Waals surface area contributed by atoms with Gasteiger partial charge >= 0.3 is 0 Å². The first-order chi connectivity index (χ1) is 8.86. The topological polar surface area (TPSA) is 27.7 Å². The number of rotatable bonds is 3. The molecule has 0 amide bonds. The Morgan fingerprint density at radius 3 is 1.95 bits per heavy atom. The van der Waals surface area contributed by atoms with Crippen molar-refractivity contribution in [3.63, 3.8) is 0 Å². The minimum absolute atomic E-state index is 0. The first-order valence-electron chi connectivity index (χ1n) is 6.70. The molecule has 2 fully saturated rings. The Labute approximate surface area is 145 Å². The highest BCUT2D eigenvalue weighted by Crippen LogP contribution is 2.21. The van der Waals surface area contributed by atoms with Crippen molar-refractivity contribution in [2.75, 3.05) is 51.3 Å². The van der Waals surface area contributed by atoms with Crippen molar-refractivity contribution >= 4 is 42.9 Å². The zero-order valence-corrected chi connectivity index (χ0v) is 14.6. The molecule has 4 nitrogen and oxygen atoms in total. The molecule has 1 N–H and O–H groups in total. The molecule has 0 aromatic heterocycles. The maximum absolute atomic E-state index is 5.19. The van der Waals surface area contributed by atoms with Crippen LogP contribution in [0.25, 0.3) is 0 Å². The number of halogens is 3. The molecule has 0 atom stereocenters. The summed E-state index contributed by atoms with van der Waals surface area (Å²) in [5.74, 6) is 0.929. The molecule has 0 saturated carbocycles. The monoisotopic (exact) mass is 355 g/mol. The van der Waals surface area contributed by atoms with Crippen LogP contribution in [0.15, 0.2) is 24.3 Å². The Hall–Kier alpha value is -0.390. The number of hydrogen-bond acceptors (Lipinski definition) is 4. The minimum atomic E-state index is 0. The van der Waals surface area contributed by atoms with Gasteiger partial charge in [-0.25, -0.2) is 0 Å². The molecular weight excluding hydrogens is 333 g/mol. The summed E-state index contributed by atoms with van der Waals surface area (Å²) in [7, 11) is 1.71. The molecule has 2 saturated heterocycles. The van der Waals surface area contributed by atoms with Crippen LogP contribution in [0.3, 0.4) is 0 Å². The zero-order valence-electron chi connectivity index (χ0n) is 12.2. The van der Waals surface area contributed by atoms with Crippen LogP contribution >= 0.6 is 37.2 Å². The molecule has 1 aromatic carbocycles. The summed E-state index contributed by atoms with van der Waals surface area (Å²) in [5.41, 5.74) is 1.31. The van der Waals surface area contributed by atoms with Crippen LogP contribution in [0.4, 0.5) is 5.69 Å². The van der Waals surface area contributed by atoms with Gasteiger partial charge in [0.2, 0.25) is 0 Å². The van der Waals surface area contributed by atoms with Gasteiger partial charge in [0.05, 0.1) is 7.11 Å². The van der Waals surface area contributed by atoms with E-state index in [0.29, 0.717) is 0 Å². The average Bonchev–Trinajstić information content (AvgIpc) is 2.38. The average molecular weight is 357 g/mol. The number of piperazine rings is 1. The van der Waals surface area contributed by atoms with E-state index in [9.17, 15) is 0 Å². The van der Waals surface area contributed by atoms with Crippen LogP contribution in [0.1, 0.15) is 0 Å². The first-order valence-corrected chi connectivity index (χ1v) is 6.70. The number of ether oxygens (including phenoxy) is 1. The number of nitrogens with one attached hydrogen (secondary N) is 1. The van der Waals surface area contributed by atoms with E-state index in [1.54, 1.807) is 7.11 Å². The second-order valence-corrected chi connectivity index (χ2v) is 5.03. The predicted octanol–water partition coefficient (Wildman–Crippen LogP) is 2.05. The lowest BCUT2D eigenvalue weighted by molar-refractivity contribution is 0.138. The van der Waals surface area contributed by atoms with Crippen molar-refractivity contribution in [3.05, 3.63) is 24.3 Å². The van der Waals surface area contributed by atoms with Crippen molar-refractivity contribution in [2.45, 2.75) is 6.04 Å². The van der Waals surface area contributed by atoms with E-state index in [4.69, 9.17) is 4.74 Å². The molecule has 2 aliphatic heterocycles. The van der Waals surface area contributed by atoms with Gasteiger partial charge in [-0.1, -0.05) is 0 Å². The number of benzene rings is 1. The molecule has 0 aliphatic carbocycles. The number of methoxy groups -OCH3 is 1. The second-order valence-electron chi connectivity index (χ2n) is 5.03. The Balaban J connectivity index is 0.00000133. The van der Waals surface area contributed by atoms with Gasteiger partial charge in [-0.3, -0.25) is 4.90 Å². The lowest BCUT2D eigenvalue weighted by Crippen LogP contribution is -2.61. The van der Waals surface area contributed by atoms with Gasteiger partial charge in [0.1, 0.15) is 5.75 Å². The zero-order chi connectivity index (χ0) is 12.4. The van der Waals surface area contributed by atoms with Crippen LogP contribution in [-0.4, -0.2) is 57.3 Å². The highest BCUT2D eigenvalue weighted by atomic mass is 35.5. The molecule has 1 aromatic rings. The first kappa shape index (κ1) is 20.6. The number of nitrogens with zero attached hydrogens (tertiary/aromatic N) is 2. The molecule has 2 heterocycles. The molecule has 2 aliphatic rings. The van der Waals surface area contributed by atoms with Crippen LogP contribution in [0.5, 0.6) is 5.75 Å². The van der Waals surface area contributed by atoms with E-state index in [1.165, 1.54) is 31.9 Å². The Bertz CT molecular complexity index is 393. The summed E-state index contributed by atoms with van der Waals surface area (Å²) in [6, 6.07) is 9.16. The van der Waals surface area contributed by atoms with Gasteiger partial charge in [-0.2, -0.15) is 0 Å². The fraction of sp³-hybridized carbons (Fsp3) is 0.571. The van der Waals surface area contributed by atoms with Crippen molar-refractivity contribution in [1.29, 1.82) is 0 Å². The standard InChI is InChI=1S/C14H21N3O.3ClH/c1-18-14-4-2-12(3-5-14)16-6-8-17(9-7-16)13-10-15-11-13;;;/h2-5,13,15H,6-11H2,1H3;3*1H. The third kappa shape index (κ3) is 4.80.